The van der Waals surface area contributed by atoms with E-state index in [4.69, 9.17) is 19.9 Å². The van der Waals surface area contributed by atoms with Gasteiger partial charge in [-0.3, -0.25) is 4.79 Å². The van der Waals surface area contributed by atoms with E-state index in [9.17, 15) is 9.59 Å². The van der Waals surface area contributed by atoms with Crippen LogP contribution in [-0.2, 0) is 4.74 Å². The van der Waals surface area contributed by atoms with Crippen molar-refractivity contribution in [3.8, 4) is 23.1 Å². The van der Waals surface area contributed by atoms with Gasteiger partial charge in [-0.2, -0.15) is 4.98 Å². The van der Waals surface area contributed by atoms with Crippen LogP contribution in [0.3, 0.4) is 0 Å². The average molecular weight is 491 g/mol. The van der Waals surface area contributed by atoms with E-state index in [1.807, 2.05) is 56.0 Å². The molecule has 1 unspecified atom stereocenters. The van der Waals surface area contributed by atoms with E-state index in [0.717, 1.165) is 12.2 Å². The van der Waals surface area contributed by atoms with Crippen molar-refractivity contribution in [3.05, 3.63) is 72.3 Å². The zero-order valence-corrected chi connectivity index (χ0v) is 20.6. The third-order valence-corrected chi connectivity index (χ3v) is 5.36. The Labute approximate surface area is 210 Å². The van der Waals surface area contributed by atoms with Crippen molar-refractivity contribution >= 4 is 17.8 Å². The van der Waals surface area contributed by atoms with Gasteiger partial charge in [0.1, 0.15) is 34.2 Å². The van der Waals surface area contributed by atoms with E-state index in [0.29, 0.717) is 30.4 Å². The zero-order valence-electron chi connectivity index (χ0n) is 20.6. The van der Waals surface area contributed by atoms with Gasteiger partial charge in [-0.15, -0.1) is 0 Å². The first kappa shape index (κ1) is 24.8. The summed E-state index contributed by atoms with van der Waals surface area (Å²) in [7, 11) is 0. The number of alkyl carbamates (subject to hydrolysis) is 1. The molecule has 1 atom stereocenters. The molecule has 9 nitrogen and oxygen atoms in total. The maximum absolute atomic E-state index is 12.1. The highest BCUT2D eigenvalue weighted by Gasteiger charge is 2.28. The summed E-state index contributed by atoms with van der Waals surface area (Å²) in [5, 5.41) is 2.89. The molecule has 1 fully saturated rings. The molecular formula is C27H30N4O5. The van der Waals surface area contributed by atoms with E-state index in [1.54, 1.807) is 36.4 Å². The number of amides is 2. The molecule has 1 aliphatic heterocycles. The van der Waals surface area contributed by atoms with Gasteiger partial charge in [0.15, 0.2) is 0 Å². The molecule has 2 amide bonds. The topological polar surface area (TPSA) is 116 Å². The minimum absolute atomic E-state index is 0.0843. The number of nitrogens with one attached hydrogen (secondary N) is 1. The molecule has 0 spiro atoms. The molecule has 188 valence electrons. The number of para-hydroxylation sites is 1. The molecule has 4 rings (SSSR count). The molecule has 3 N–H and O–H groups in total. The molecule has 0 aliphatic carbocycles. The largest absolute Gasteiger partial charge is 0.457 e. The van der Waals surface area contributed by atoms with Gasteiger partial charge in [0.05, 0.1) is 6.04 Å². The number of aromatic nitrogens is 1. The highest BCUT2D eigenvalue weighted by molar-refractivity contribution is 5.95. The van der Waals surface area contributed by atoms with E-state index < -0.39 is 17.6 Å². The maximum Gasteiger partial charge on any atom is 0.407 e. The van der Waals surface area contributed by atoms with Gasteiger partial charge in [-0.1, -0.05) is 18.2 Å². The van der Waals surface area contributed by atoms with Crippen LogP contribution >= 0.6 is 0 Å². The van der Waals surface area contributed by atoms with Crippen LogP contribution in [0.4, 0.5) is 10.6 Å². The molecular weight excluding hydrogens is 460 g/mol. The summed E-state index contributed by atoms with van der Waals surface area (Å²) < 4.78 is 17.1. The molecule has 0 radical (unpaired) electrons. The van der Waals surface area contributed by atoms with Crippen molar-refractivity contribution in [2.24, 2.45) is 5.73 Å². The Kier molecular flexibility index (Phi) is 7.28. The van der Waals surface area contributed by atoms with Crippen molar-refractivity contribution in [3.63, 3.8) is 0 Å². The Bertz CT molecular complexity index is 1210. The number of nitrogens with zero attached hydrogens (tertiary/aromatic N) is 2. The molecule has 2 heterocycles. The molecule has 1 saturated heterocycles. The van der Waals surface area contributed by atoms with Crippen molar-refractivity contribution < 1.29 is 23.8 Å². The number of anilines is 1. The first-order chi connectivity index (χ1) is 17.2. The molecule has 36 heavy (non-hydrogen) atoms. The molecule has 1 aliphatic rings. The summed E-state index contributed by atoms with van der Waals surface area (Å²) in [6.45, 7) is 6.69. The van der Waals surface area contributed by atoms with E-state index in [-0.39, 0.29) is 17.5 Å². The van der Waals surface area contributed by atoms with Crippen LogP contribution in [0.2, 0.25) is 0 Å². The minimum Gasteiger partial charge on any atom is -0.457 e. The van der Waals surface area contributed by atoms with Gasteiger partial charge in [0.25, 0.3) is 5.91 Å². The number of ether oxygens (including phenoxy) is 3. The van der Waals surface area contributed by atoms with Crippen LogP contribution in [0, 0.1) is 0 Å². The molecule has 2 aromatic carbocycles. The van der Waals surface area contributed by atoms with Gasteiger partial charge in [-0.25, -0.2) is 4.79 Å². The first-order valence-electron chi connectivity index (χ1n) is 11.7. The lowest BCUT2D eigenvalue weighted by molar-refractivity contribution is 0.0508. The third kappa shape index (κ3) is 6.65. The number of primary amides is 1. The van der Waals surface area contributed by atoms with E-state index in [2.05, 4.69) is 10.3 Å². The lowest BCUT2D eigenvalue weighted by Crippen LogP contribution is -2.40. The quantitative estimate of drug-likeness (QED) is 0.485. The van der Waals surface area contributed by atoms with Crippen molar-refractivity contribution in [1.82, 2.24) is 10.3 Å². The van der Waals surface area contributed by atoms with E-state index >= 15 is 0 Å². The highest BCUT2D eigenvalue weighted by atomic mass is 16.6. The Morgan fingerprint density at radius 1 is 0.944 bits per heavy atom. The number of hydrogen-bond acceptors (Lipinski definition) is 7. The number of pyridine rings is 1. The fourth-order valence-electron chi connectivity index (χ4n) is 3.74. The van der Waals surface area contributed by atoms with Crippen LogP contribution in [0.1, 0.15) is 37.6 Å². The normalized spacial score (nSPS) is 15.3. The molecule has 3 aromatic rings. The molecule has 9 heteroatoms. The summed E-state index contributed by atoms with van der Waals surface area (Å²) in [5.74, 6) is 1.94. The van der Waals surface area contributed by atoms with Gasteiger partial charge in [0.2, 0.25) is 5.88 Å². The second-order valence-electron chi connectivity index (χ2n) is 9.45. The van der Waals surface area contributed by atoms with Gasteiger partial charge in [-0.05, 0) is 75.7 Å². The monoisotopic (exact) mass is 490 g/mol. The number of hydrogen-bond donors (Lipinski definition) is 2. The van der Waals surface area contributed by atoms with Gasteiger partial charge >= 0.3 is 6.09 Å². The van der Waals surface area contributed by atoms with E-state index in [1.165, 1.54) is 0 Å². The maximum atomic E-state index is 12.1. The third-order valence-electron chi connectivity index (χ3n) is 5.36. The summed E-state index contributed by atoms with van der Waals surface area (Å²) >= 11 is 0. The second-order valence-corrected chi connectivity index (χ2v) is 9.45. The number of benzene rings is 2. The SMILES string of the molecule is CC(C)(C)OC(=O)NC1CCN(c2ccc(C(N)=O)c(Oc3ccc(Oc4ccccc4)cc3)n2)C1. The van der Waals surface area contributed by atoms with Crippen LogP contribution in [0.5, 0.6) is 23.1 Å². The fourth-order valence-corrected chi connectivity index (χ4v) is 3.74. The smallest absolute Gasteiger partial charge is 0.407 e. The fraction of sp³-hybridized carbons (Fsp3) is 0.296. The number of nitrogens with two attached hydrogens (primary N) is 1. The highest BCUT2D eigenvalue weighted by Crippen LogP contribution is 2.30. The predicted octanol–water partition coefficient (Wildman–Crippen LogP) is 4.87. The molecule has 0 bridgehead atoms. The van der Waals surface area contributed by atoms with Crippen molar-refractivity contribution in [1.29, 1.82) is 0 Å². The van der Waals surface area contributed by atoms with Crippen molar-refractivity contribution in [2.45, 2.75) is 38.8 Å². The zero-order chi connectivity index (χ0) is 25.7. The first-order valence-corrected chi connectivity index (χ1v) is 11.7. The predicted molar refractivity (Wildman–Crippen MR) is 136 cm³/mol. The molecule has 1 aromatic heterocycles. The number of carbonyl (C=O) groups is 2. The number of rotatable bonds is 7. The van der Waals surface area contributed by atoms with Crippen LogP contribution in [0.25, 0.3) is 0 Å². The lowest BCUT2D eigenvalue weighted by atomic mass is 10.2. The Hall–Kier alpha value is -4.27. The van der Waals surface area contributed by atoms with Crippen LogP contribution in [0.15, 0.2) is 66.7 Å². The number of carbonyl (C=O) groups excluding carboxylic acids is 2. The van der Waals surface area contributed by atoms with Crippen molar-refractivity contribution in [2.75, 3.05) is 18.0 Å². The second kappa shape index (κ2) is 10.6. The van der Waals surface area contributed by atoms with Gasteiger partial charge < -0.3 is 30.2 Å². The minimum atomic E-state index is -0.640. The Balaban J connectivity index is 1.44. The lowest BCUT2D eigenvalue weighted by Gasteiger charge is -2.22. The van der Waals surface area contributed by atoms with Crippen LogP contribution < -0.4 is 25.4 Å². The average Bonchev–Trinajstić information content (AvgIpc) is 3.28. The summed E-state index contributed by atoms with van der Waals surface area (Å²) in [6.07, 6.45) is 0.285. The van der Waals surface area contributed by atoms with Crippen LogP contribution in [-0.4, -0.2) is 41.7 Å². The standard InChI is InChI=1S/C27H30N4O5/c1-27(2,3)36-26(33)29-18-15-16-31(17-18)23-14-13-22(24(28)32)25(30-23)35-21-11-9-20(10-12-21)34-19-7-5-4-6-8-19/h4-14,18H,15-17H2,1-3H3,(H2,28,32)(H,29,33). The van der Waals surface area contributed by atoms with Gasteiger partial charge in [0, 0.05) is 13.1 Å². The Morgan fingerprint density at radius 3 is 2.22 bits per heavy atom. The molecule has 0 saturated carbocycles. The summed E-state index contributed by atoms with van der Waals surface area (Å²) in [4.78, 5) is 30.7. The Morgan fingerprint density at radius 2 is 1.58 bits per heavy atom. The summed E-state index contributed by atoms with van der Waals surface area (Å²) in [6, 6.07) is 19.7. The summed E-state index contributed by atoms with van der Waals surface area (Å²) in [5.41, 5.74) is 5.16.